The Balaban J connectivity index is 3.96. The Bertz CT molecular complexity index is 582. The molecule has 164 valence electrons. The van der Waals surface area contributed by atoms with E-state index < -0.39 is 35.8 Å². The zero-order valence-corrected chi connectivity index (χ0v) is 19.1. The van der Waals surface area contributed by atoms with Crippen LogP contribution in [0, 0.1) is 0 Å². The summed E-state index contributed by atoms with van der Waals surface area (Å²) in [5, 5.41) is 28.6. The molecule has 0 aromatic rings. The summed E-state index contributed by atoms with van der Waals surface area (Å²) in [4.78, 5) is 44.0. The lowest BCUT2D eigenvalue weighted by atomic mass is 10.3. The van der Waals surface area contributed by atoms with Crippen LogP contribution in [0.3, 0.4) is 0 Å². The zero-order chi connectivity index (χ0) is 22.4. The maximum Gasteiger partial charge on any atom is 0.327 e. The second kappa shape index (κ2) is 15.2. The minimum atomic E-state index is -1.13. The van der Waals surface area contributed by atoms with Gasteiger partial charge in [-0.2, -0.15) is 0 Å². The standard InChI is InChI=1S/C15H24N4O6S4/c1-8(20)18-10(12(22)23)6-28-14(26)16-4-3-5-17-15(27)29-7-11(13(24)25)19-9(2)21/h10-11H,3-7H2,1-2H3,(H,16,26)(H,17,27)(H,18,20)(H,19,21)(H,22,23)(H,24,25)/t10-,11-/m0/s1. The van der Waals surface area contributed by atoms with Crippen molar-refractivity contribution in [2.45, 2.75) is 32.4 Å². The maximum absolute atomic E-state index is 11.0. The molecule has 0 radical (unpaired) electrons. The lowest BCUT2D eigenvalue weighted by molar-refractivity contribution is -0.141. The minimum absolute atomic E-state index is 0.110. The highest BCUT2D eigenvalue weighted by atomic mass is 32.2. The molecule has 2 atom stereocenters. The molecule has 0 bridgehead atoms. The molecule has 0 aromatic heterocycles. The van der Waals surface area contributed by atoms with Crippen molar-refractivity contribution in [1.82, 2.24) is 21.3 Å². The zero-order valence-electron chi connectivity index (χ0n) is 15.9. The minimum Gasteiger partial charge on any atom is -0.480 e. The summed E-state index contributed by atoms with van der Waals surface area (Å²) in [6.07, 6.45) is 0.656. The molecule has 0 saturated heterocycles. The van der Waals surface area contributed by atoms with Crippen molar-refractivity contribution in [3.8, 4) is 0 Å². The van der Waals surface area contributed by atoms with Crippen molar-refractivity contribution < 1.29 is 29.4 Å². The first-order valence-electron chi connectivity index (χ1n) is 8.34. The summed E-state index contributed by atoms with van der Waals surface area (Å²) >= 11 is 12.5. The first kappa shape index (κ1) is 27.4. The fraction of sp³-hybridized carbons (Fsp3) is 0.600. The topological polar surface area (TPSA) is 157 Å². The van der Waals surface area contributed by atoms with Gasteiger partial charge in [0.15, 0.2) is 0 Å². The third-order valence-corrected chi connectivity index (χ3v) is 5.81. The van der Waals surface area contributed by atoms with Gasteiger partial charge in [-0.25, -0.2) is 9.59 Å². The number of carboxylic acids is 2. The second-order valence-electron chi connectivity index (χ2n) is 5.59. The number of amides is 2. The van der Waals surface area contributed by atoms with E-state index in [0.717, 1.165) is 23.5 Å². The number of carbonyl (C=O) groups excluding carboxylic acids is 2. The molecule has 0 heterocycles. The highest BCUT2D eigenvalue weighted by molar-refractivity contribution is 8.23. The van der Waals surface area contributed by atoms with Gasteiger partial charge in [-0.15, -0.1) is 0 Å². The molecule has 0 unspecified atom stereocenters. The number of carbonyl (C=O) groups is 4. The van der Waals surface area contributed by atoms with Crippen LogP contribution in [0.1, 0.15) is 20.3 Å². The highest BCUT2D eigenvalue weighted by Crippen LogP contribution is 2.06. The predicted octanol–water partition coefficient (Wildman–Crippen LogP) is -0.229. The molecule has 0 aromatic carbocycles. The van der Waals surface area contributed by atoms with Gasteiger partial charge < -0.3 is 31.5 Å². The van der Waals surface area contributed by atoms with E-state index in [1.54, 1.807) is 0 Å². The van der Waals surface area contributed by atoms with Crippen LogP contribution < -0.4 is 21.3 Å². The van der Waals surface area contributed by atoms with Gasteiger partial charge in [0.25, 0.3) is 0 Å². The average Bonchev–Trinajstić information content (AvgIpc) is 2.60. The summed E-state index contributed by atoms with van der Waals surface area (Å²) in [5.41, 5.74) is 0. The van der Waals surface area contributed by atoms with E-state index in [0.29, 0.717) is 28.2 Å². The monoisotopic (exact) mass is 484 g/mol. The van der Waals surface area contributed by atoms with Crippen LogP contribution in [0.5, 0.6) is 0 Å². The van der Waals surface area contributed by atoms with Gasteiger partial charge in [-0.05, 0) is 6.42 Å². The number of hydrogen-bond acceptors (Lipinski definition) is 8. The number of aliphatic carboxylic acids is 2. The van der Waals surface area contributed by atoms with Crippen LogP contribution in [0.2, 0.25) is 0 Å². The molecule has 14 heteroatoms. The van der Waals surface area contributed by atoms with E-state index in [-0.39, 0.29) is 11.5 Å². The predicted molar refractivity (Wildman–Crippen MR) is 121 cm³/mol. The summed E-state index contributed by atoms with van der Waals surface area (Å²) in [6.45, 7) is 3.53. The van der Waals surface area contributed by atoms with Crippen LogP contribution in [0.25, 0.3) is 0 Å². The summed E-state index contributed by atoms with van der Waals surface area (Å²) in [6, 6.07) is -2.03. The molecule has 0 aliphatic rings. The normalized spacial score (nSPS) is 12.2. The summed E-state index contributed by atoms with van der Waals surface area (Å²) in [5.74, 6) is -2.90. The third-order valence-electron chi connectivity index (χ3n) is 3.01. The summed E-state index contributed by atoms with van der Waals surface area (Å²) < 4.78 is 0.830. The summed E-state index contributed by atoms with van der Waals surface area (Å²) in [7, 11) is 0. The average molecular weight is 485 g/mol. The highest BCUT2D eigenvalue weighted by Gasteiger charge is 2.20. The number of nitrogens with one attached hydrogen (secondary N) is 4. The van der Waals surface area contributed by atoms with Gasteiger partial charge >= 0.3 is 11.9 Å². The van der Waals surface area contributed by atoms with Gasteiger partial charge in [-0.3, -0.25) is 9.59 Å². The van der Waals surface area contributed by atoms with Gasteiger partial charge in [0.2, 0.25) is 11.8 Å². The SMILES string of the molecule is CC(=O)N[C@@H](CSC(=S)NCCCNC(=S)SC[C@H](NC(C)=O)C(=O)O)C(=O)O. The Labute approximate surface area is 187 Å². The molecule has 0 aliphatic carbocycles. The van der Waals surface area contributed by atoms with E-state index in [4.69, 9.17) is 34.6 Å². The lowest BCUT2D eigenvalue weighted by Crippen LogP contribution is -2.42. The molecule has 0 fully saturated rings. The van der Waals surface area contributed by atoms with Crippen molar-refractivity contribution >= 4 is 80.4 Å². The number of rotatable bonds is 12. The van der Waals surface area contributed by atoms with E-state index in [1.807, 2.05) is 0 Å². The van der Waals surface area contributed by atoms with Gasteiger partial charge in [0.1, 0.15) is 20.7 Å². The van der Waals surface area contributed by atoms with Crippen LogP contribution in [0.15, 0.2) is 0 Å². The third kappa shape index (κ3) is 14.9. The van der Waals surface area contributed by atoms with Crippen LogP contribution in [-0.2, 0) is 19.2 Å². The number of carboxylic acid groups (broad SMARTS) is 2. The molecular weight excluding hydrogens is 460 g/mol. The van der Waals surface area contributed by atoms with Gasteiger partial charge in [0.05, 0.1) is 0 Å². The molecule has 0 rings (SSSR count). The van der Waals surface area contributed by atoms with Crippen molar-refractivity contribution in [2.24, 2.45) is 0 Å². The molecule has 0 aliphatic heterocycles. The Morgan fingerprint density at radius 2 is 1.14 bits per heavy atom. The molecule has 29 heavy (non-hydrogen) atoms. The fourth-order valence-corrected chi connectivity index (χ4v) is 3.84. The van der Waals surface area contributed by atoms with E-state index in [2.05, 4.69) is 21.3 Å². The van der Waals surface area contributed by atoms with Crippen molar-refractivity contribution in [3.05, 3.63) is 0 Å². The Kier molecular flexibility index (Phi) is 14.4. The van der Waals surface area contributed by atoms with E-state index in [1.165, 1.54) is 13.8 Å². The van der Waals surface area contributed by atoms with Crippen molar-refractivity contribution in [3.63, 3.8) is 0 Å². The van der Waals surface area contributed by atoms with Crippen LogP contribution in [-0.4, -0.2) is 79.3 Å². The van der Waals surface area contributed by atoms with E-state index >= 15 is 0 Å². The Hall–Kier alpha value is -1.64. The molecule has 2 amide bonds. The maximum atomic E-state index is 11.0. The molecule has 6 N–H and O–H groups in total. The van der Waals surface area contributed by atoms with Crippen LogP contribution >= 0.6 is 48.0 Å². The quantitative estimate of drug-likeness (QED) is 0.160. The fourth-order valence-electron chi connectivity index (χ4n) is 1.73. The van der Waals surface area contributed by atoms with E-state index in [9.17, 15) is 19.2 Å². The first-order valence-corrected chi connectivity index (χ1v) is 11.1. The van der Waals surface area contributed by atoms with Crippen molar-refractivity contribution in [2.75, 3.05) is 24.6 Å². The van der Waals surface area contributed by atoms with Gasteiger partial charge in [0, 0.05) is 38.4 Å². The first-order chi connectivity index (χ1) is 13.5. The largest absolute Gasteiger partial charge is 0.480 e. The van der Waals surface area contributed by atoms with Crippen molar-refractivity contribution in [1.29, 1.82) is 0 Å². The molecule has 0 saturated carbocycles. The van der Waals surface area contributed by atoms with Gasteiger partial charge in [-0.1, -0.05) is 48.0 Å². The number of hydrogen-bond donors (Lipinski definition) is 6. The molecule has 10 nitrogen and oxygen atoms in total. The van der Waals surface area contributed by atoms with Crippen LogP contribution in [0.4, 0.5) is 0 Å². The molecular formula is C15H24N4O6S4. The number of thioether (sulfide) groups is 2. The lowest BCUT2D eigenvalue weighted by Gasteiger charge is -2.14. The Morgan fingerprint density at radius 3 is 1.41 bits per heavy atom. The Morgan fingerprint density at radius 1 is 0.793 bits per heavy atom. The number of thiocarbonyl (C=S) groups is 2. The second-order valence-corrected chi connectivity index (χ2v) is 8.98. The smallest absolute Gasteiger partial charge is 0.327 e. The molecule has 0 spiro atoms.